The van der Waals surface area contributed by atoms with Crippen LogP contribution < -0.4 is 20.5 Å². The number of aryl methyl sites for hydroxylation is 2. The minimum Gasteiger partial charge on any atom is -0.493 e. The molecule has 0 aliphatic carbocycles. The van der Waals surface area contributed by atoms with E-state index in [-0.39, 0.29) is 46.7 Å². The van der Waals surface area contributed by atoms with Crippen LogP contribution in [0.2, 0.25) is 0 Å². The van der Waals surface area contributed by atoms with E-state index < -0.39 is 35.7 Å². The highest BCUT2D eigenvalue weighted by atomic mass is 79.9. The second-order valence-electron chi connectivity index (χ2n) is 16.5. The van der Waals surface area contributed by atoms with Crippen molar-refractivity contribution in [3.05, 3.63) is 118 Å². The van der Waals surface area contributed by atoms with E-state index in [9.17, 15) is 45.5 Å². The van der Waals surface area contributed by atoms with Crippen molar-refractivity contribution in [1.82, 2.24) is 10.3 Å². The van der Waals surface area contributed by atoms with Crippen LogP contribution in [0, 0.1) is 0 Å². The van der Waals surface area contributed by atoms with Gasteiger partial charge in [-0.15, -0.1) is 0 Å². The Morgan fingerprint density at radius 3 is 1.53 bits per heavy atom. The van der Waals surface area contributed by atoms with Crippen molar-refractivity contribution in [2.24, 2.45) is 0 Å². The molecule has 0 spiro atoms. The van der Waals surface area contributed by atoms with Gasteiger partial charge >= 0.3 is 36.2 Å². The molecule has 16 nitrogen and oxygen atoms in total. The third-order valence-electron chi connectivity index (χ3n) is 11.0. The molecular formula is C54H59BrF6N4O12. The predicted octanol–water partition coefficient (Wildman–Crippen LogP) is 11.7. The molecular weight excluding hydrogens is 1090 g/mol. The van der Waals surface area contributed by atoms with Crippen LogP contribution in [0.4, 0.5) is 37.7 Å². The fourth-order valence-electron chi connectivity index (χ4n) is 7.28. The number of nitrogens with one attached hydrogen (secondary N) is 1. The van der Waals surface area contributed by atoms with Crippen LogP contribution in [-0.2, 0) is 76.2 Å². The summed E-state index contributed by atoms with van der Waals surface area (Å²) in [6.07, 6.45) is 0.704. The van der Waals surface area contributed by atoms with E-state index in [1.54, 1.807) is 54.6 Å². The van der Waals surface area contributed by atoms with Gasteiger partial charge in [0.1, 0.15) is 11.5 Å². The quantitative estimate of drug-likeness (QED) is 0.0123. The van der Waals surface area contributed by atoms with Gasteiger partial charge in [-0.05, 0) is 109 Å². The summed E-state index contributed by atoms with van der Waals surface area (Å²) >= 11 is 3.30. The van der Waals surface area contributed by atoms with E-state index in [0.717, 1.165) is 35.0 Å². The van der Waals surface area contributed by atoms with Crippen LogP contribution in [0.3, 0.4) is 0 Å². The van der Waals surface area contributed by atoms with Gasteiger partial charge in [0.2, 0.25) is 0 Å². The molecule has 2 heterocycles. The van der Waals surface area contributed by atoms with Crippen LogP contribution in [0.1, 0.15) is 84.3 Å². The minimum atomic E-state index is -4.61. The number of methoxy groups -OCH3 is 4. The van der Waals surface area contributed by atoms with E-state index in [1.165, 1.54) is 58.8 Å². The number of ether oxygens (including phenoxy) is 6. The highest BCUT2D eigenvalue weighted by molar-refractivity contribution is 9.09. The second kappa shape index (κ2) is 30.3. The third kappa shape index (κ3) is 18.6. The van der Waals surface area contributed by atoms with Crippen LogP contribution in [0.15, 0.2) is 81.9 Å². The lowest BCUT2D eigenvalue weighted by Crippen LogP contribution is -2.10. The Morgan fingerprint density at radius 2 is 1.09 bits per heavy atom. The first kappa shape index (κ1) is 62.0. The molecule has 4 aromatic carbocycles. The van der Waals surface area contributed by atoms with E-state index in [2.05, 4.69) is 45.8 Å². The Bertz CT molecular complexity index is 2990. The Kier molecular flexibility index (Phi) is 24.4. The van der Waals surface area contributed by atoms with Gasteiger partial charge in [0.05, 0.1) is 65.3 Å². The number of anilines is 2. The predicted molar refractivity (Wildman–Crippen MR) is 279 cm³/mol. The molecule has 416 valence electrons. The molecule has 2 aromatic heterocycles. The summed E-state index contributed by atoms with van der Waals surface area (Å²) in [6, 6.07) is 16.2. The Morgan fingerprint density at radius 1 is 0.636 bits per heavy atom. The third-order valence-corrected chi connectivity index (χ3v) is 11.5. The molecule has 6 aromatic rings. The molecule has 0 aliphatic rings. The first-order chi connectivity index (χ1) is 36.7. The van der Waals surface area contributed by atoms with Gasteiger partial charge in [0.25, 0.3) is 0 Å². The molecule has 6 rings (SSSR count). The number of alkyl halides is 7. The highest BCUT2D eigenvalue weighted by Crippen LogP contribution is 2.40. The van der Waals surface area contributed by atoms with Gasteiger partial charge in [-0.2, -0.15) is 26.3 Å². The zero-order valence-electron chi connectivity index (χ0n) is 43.1. The summed E-state index contributed by atoms with van der Waals surface area (Å²) in [6.45, 7) is 5.15. The number of rotatable bonds is 22. The number of fused-ring (bicyclic) bond motifs is 2. The van der Waals surface area contributed by atoms with E-state index in [1.807, 2.05) is 13.8 Å². The lowest BCUT2D eigenvalue weighted by atomic mass is 10.0. The molecule has 0 aliphatic heterocycles. The number of hydrogen-bond donors (Lipinski definition) is 2. The number of nitrogens with zero attached hydrogens (tertiary/aromatic N) is 2. The number of halogens is 7. The molecule has 0 unspecified atom stereocenters. The molecule has 23 heteroatoms. The van der Waals surface area contributed by atoms with E-state index in [0.29, 0.717) is 84.9 Å². The van der Waals surface area contributed by atoms with Crippen molar-refractivity contribution in [2.45, 2.75) is 77.6 Å². The standard InChI is InChI=1S/C27H29F3N2O6.C14H15BrF3NO2.C13H15NO4/c1-4-6-19-22(11-9-20-25(19)38-32-26(20)27(28,29)30)37-14-5-13-31-21-10-7-17(16-24(34)36-3)15-18(21)8-12-23(33)35-2;1-2-4-9-11(20-8-3-7-15)6-5-10-12(9)21-19-13(10)14(16,17)18;1-17-12(15)6-4-10-7-9(3-5-11(10)14)8-13(16)18-2/h7-12,15,31H,4-6,13-14,16H2,1-3H3;5-6H,2-4,7-8H2,1H3;3-7H,8,14H2,1-2H3/b12-8+;;6-4+. The number of benzene rings is 4. The molecule has 77 heavy (non-hydrogen) atoms. The molecule has 0 amide bonds. The molecule has 0 bridgehead atoms. The van der Waals surface area contributed by atoms with Crippen LogP contribution in [0.5, 0.6) is 11.5 Å². The second-order valence-corrected chi connectivity index (χ2v) is 17.3. The summed E-state index contributed by atoms with van der Waals surface area (Å²) in [4.78, 5) is 45.3. The minimum absolute atomic E-state index is 0.0150. The lowest BCUT2D eigenvalue weighted by Gasteiger charge is -2.14. The summed E-state index contributed by atoms with van der Waals surface area (Å²) in [5, 5.41) is 10.4. The maximum Gasteiger partial charge on any atom is 0.437 e. The highest BCUT2D eigenvalue weighted by Gasteiger charge is 2.39. The molecule has 0 saturated heterocycles. The van der Waals surface area contributed by atoms with Gasteiger partial charge in [-0.1, -0.05) is 65.1 Å². The summed E-state index contributed by atoms with van der Waals surface area (Å²) in [5.41, 5.74) is 9.25. The van der Waals surface area contributed by atoms with Crippen molar-refractivity contribution in [1.29, 1.82) is 0 Å². The van der Waals surface area contributed by atoms with Crippen molar-refractivity contribution < 1.29 is 83.0 Å². The first-order valence-electron chi connectivity index (χ1n) is 23.9. The van der Waals surface area contributed by atoms with Crippen LogP contribution in [0.25, 0.3) is 34.1 Å². The zero-order chi connectivity index (χ0) is 56.7. The number of hydrogen-bond acceptors (Lipinski definition) is 16. The van der Waals surface area contributed by atoms with Crippen molar-refractivity contribution >= 4 is 85.3 Å². The first-order valence-corrected chi connectivity index (χ1v) is 25.0. The SMILES string of the molecule is CCCc1c(OCCCBr)ccc2c(C(F)(F)F)noc12.CCCc1c(OCCCNc2ccc(CC(=O)OC)cc2/C=C/C(=O)OC)ccc2c(C(F)(F)F)noc12.COC(=O)/C=C/c1cc(CC(=O)OC)ccc1N. The molecule has 0 saturated carbocycles. The largest absolute Gasteiger partial charge is 0.493 e. The smallest absolute Gasteiger partial charge is 0.437 e. The zero-order valence-corrected chi connectivity index (χ0v) is 44.7. The Hall–Kier alpha value is -7.56. The van der Waals surface area contributed by atoms with E-state index >= 15 is 0 Å². The van der Waals surface area contributed by atoms with Gasteiger partial charge in [0, 0.05) is 46.5 Å². The number of carbonyl (C=O) groups is 4. The van der Waals surface area contributed by atoms with Gasteiger partial charge < -0.3 is 48.5 Å². The van der Waals surface area contributed by atoms with E-state index in [4.69, 9.17) is 29.0 Å². The fraction of sp³-hybridized carbons (Fsp3) is 0.370. The van der Waals surface area contributed by atoms with Crippen LogP contribution >= 0.6 is 15.9 Å². The van der Waals surface area contributed by atoms with Crippen molar-refractivity contribution in [3.8, 4) is 11.5 Å². The topological polar surface area (TPSA) is 214 Å². The Balaban J connectivity index is 0.000000276. The molecule has 3 N–H and O–H groups in total. The summed E-state index contributed by atoms with van der Waals surface area (Å²) in [7, 11) is 5.22. The van der Waals surface area contributed by atoms with Crippen molar-refractivity contribution in [3.63, 3.8) is 0 Å². The van der Waals surface area contributed by atoms with Gasteiger partial charge in [0.15, 0.2) is 22.6 Å². The normalized spacial score (nSPS) is 11.4. The average molecular weight is 1150 g/mol. The maximum atomic E-state index is 13.2. The molecule has 0 atom stereocenters. The number of nitrogens with two attached hydrogens (primary N) is 1. The van der Waals surface area contributed by atoms with Gasteiger partial charge in [-0.3, -0.25) is 9.59 Å². The van der Waals surface area contributed by atoms with Crippen molar-refractivity contribution in [2.75, 3.05) is 64.6 Å². The summed E-state index contributed by atoms with van der Waals surface area (Å²) < 4.78 is 118. The number of carbonyl (C=O) groups excluding carboxylic acids is 4. The number of esters is 4. The number of aromatic nitrogens is 2. The summed E-state index contributed by atoms with van der Waals surface area (Å²) in [5.74, 6) is -0.674. The maximum absolute atomic E-state index is 13.2. The Labute approximate surface area is 448 Å². The molecule has 0 fully saturated rings. The monoisotopic (exact) mass is 1150 g/mol. The lowest BCUT2D eigenvalue weighted by molar-refractivity contribution is -0.142. The average Bonchev–Trinajstić information content (AvgIpc) is 4.08. The number of nitrogen functional groups attached to an aromatic ring is 1. The van der Waals surface area contributed by atoms with Gasteiger partial charge in [-0.25, -0.2) is 9.59 Å². The fourth-order valence-corrected chi connectivity index (χ4v) is 7.51. The van der Waals surface area contributed by atoms with Crippen LogP contribution in [-0.4, -0.2) is 87.7 Å². The molecule has 0 radical (unpaired) electrons.